The molecule has 2 amide bonds. The van der Waals surface area contributed by atoms with Crippen LogP contribution in [0.15, 0.2) is 24.3 Å². The van der Waals surface area contributed by atoms with Crippen LogP contribution < -0.4 is 15.4 Å². The maximum atomic E-state index is 12.0. The number of benzene rings is 1. The molecular weight excluding hydrogens is 312 g/mol. The molecule has 0 radical (unpaired) electrons. The largest absolute Gasteiger partial charge is 0.495 e. The first-order valence-electron chi connectivity index (χ1n) is 8.16. The van der Waals surface area contributed by atoms with E-state index in [0.717, 1.165) is 25.7 Å². The molecule has 2 aliphatic rings. The molecule has 1 saturated carbocycles. The molecule has 1 aromatic rings. The zero-order valence-electron chi connectivity index (χ0n) is 13.7. The van der Waals surface area contributed by atoms with Crippen LogP contribution in [0, 0.1) is 0 Å². The van der Waals surface area contributed by atoms with Crippen LogP contribution in [0.25, 0.3) is 0 Å². The number of methoxy groups -OCH3 is 1. The summed E-state index contributed by atoms with van der Waals surface area (Å²) in [4.78, 5) is 23.9. The fourth-order valence-corrected chi connectivity index (χ4v) is 3.11. The summed E-state index contributed by atoms with van der Waals surface area (Å²) in [6.07, 6.45) is 3.77. The van der Waals surface area contributed by atoms with Crippen LogP contribution in [0.2, 0.25) is 0 Å². The van der Waals surface area contributed by atoms with Crippen molar-refractivity contribution in [1.29, 1.82) is 0 Å². The van der Waals surface area contributed by atoms with Gasteiger partial charge in [-0.1, -0.05) is 12.1 Å². The minimum Gasteiger partial charge on any atom is -0.495 e. The molecule has 1 aliphatic heterocycles. The first-order valence-corrected chi connectivity index (χ1v) is 8.16. The molecule has 0 aromatic heterocycles. The van der Waals surface area contributed by atoms with Gasteiger partial charge in [0.1, 0.15) is 11.9 Å². The Morgan fingerprint density at radius 1 is 1.25 bits per heavy atom. The molecule has 0 bridgehead atoms. The van der Waals surface area contributed by atoms with Gasteiger partial charge in [-0.3, -0.25) is 9.59 Å². The van der Waals surface area contributed by atoms with Gasteiger partial charge in [-0.2, -0.15) is 0 Å². The third-order valence-electron chi connectivity index (χ3n) is 4.33. The van der Waals surface area contributed by atoms with Crippen molar-refractivity contribution in [2.45, 2.75) is 37.6 Å². The number of para-hydroxylation sites is 2. The van der Waals surface area contributed by atoms with Crippen LogP contribution in [-0.2, 0) is 19.1 Å². The van der Waals surface area contributed by atoms with E-state index in [2.05, 4.69) is 10.6 Å². The summed E-state index contributed by atoms with van der Waals surface area (Å²) in [6.45, 7) is 0.689. The van der Waals surface area contributed by atoms with Gasteiger partial charge in [0.05, 0.1) is 19.4 Å². The van der Waals surface area contributed by atoms with E-state index in [-0.39, 0.29) is 12.6 Å². The Kier molecular flexibility index (Phi) is 5.01. The van der Waals surface area contributed by atoms with Crippen molar-refractivity contribution < 1.29 is 23.8 Å². The number of amides is 2. The van der Waals surface area contributed by atoms with Gasteiger partial charge in [0.25, 0.3) is 0 Å². The van der Waals surface area contributed by atoms with Crippen LogP contribution in [-0.4, -0.2) is 44.0 Å². The van der Waals surface area contributed by atoms with Gasteiger partial charge < -0.3 is 24.8 Å². The molecule has 1 spiro atoms. The van der Waals surface area contributed by atoms with E-state index in [4.69, 9.17) is 14.2 Å². The Balaban J connectivity index is 1.47. The summed E-state index contributed by atoms with van der Waals surface area (Å²) in [7, 11) is 1.50. The van der Waals surface area contributed by atoms with Crippen LogP contribution in [0.4, 0.5) is 5.69 Å². The Hall–Kier alpha value is -2.12. The standard InChI is InChI=1S/C17H22N2O5/c1-22-14-7-3-2-6-13(14)19-16(21)15(20)18-10-12-11-23-17(24-12)8-4-5-9-17/h2-3,6-7,12H,4-5,8-11H2,1H3,(H,18,20)(H,19,21)/t12-/m0/s1. The lowest BCUT2D eigenvalue weighted by molar-refractivity contribution is -0.161. The maximum Gasteiger partial charge on any atom is 0.313 e. The second-order valence-corrected chi connectivity index (χ2v) is 6.03. The minimum absolute atomic E-state index is 0.217. The topological polar surface area (TPSA) is 85.9 Å². The summed E-state index contributed by atoms with van der Waals surface area (Å²) in [5.41, 5.74) is 0.450. The van der Waals surface area contributed by atoms with Crippen LogP contribution in [0.3, 0.4) is 0 Å². The van der Waals surface area contributed by atoms with Gasteiger partial charge >= 0.3 is 11.8 Å². The predicted octanol–water partition coefficient (Wildman–Crippen LogP) is 1.44. The van der Waals surface area contributed by atoms with Crippen LogP contribution in [0.5, 0.6) is 5.75 Å². The molecular formula is C17H22N2O5. The quantitative estimate of drug-likeness (QED) is 0.814. The average Bonchev–Trinajstić information content (AvgIpc) is 3.23. The lowest BCUT2D eigenvalue weighted by atomic mass is 10.2. The van der Waals surface area contributed by atoms with Crippen molar-refractivity contribution in [3.63, 3.8) is 0 Å². The van der Waals surface area contributed by atoms with Gasteiger partial charge in [0, 0.05) is 19.4 Å². The van der Waals surface area contributed by atoms with Crippen LogP contribution >= 0.6 is 0 Å². The Bertz CT molecular complexity index is 613. The van der Waals surface area contributed by atoms with Gasteiger partial charge in [0.15, 0.2) is 5.79 Å². The monoisotopic (exact) mass is 334 g/mol. The van der Waals surface area contributed by atoms with Crippen molar-refractivity contribution >= 4 is 17.5 Å². The number of anilines is 1. The molecule has 1 atom stereocenters. The second kappa shape index (κ2) is 7.19. The minimum atomic E-state index is -0.742. The normalized spacial score (nSPS) is 21.6. The summed E-state index contributed by atoms with van der Waals surface area (Å²) in [6, 6.07) is 6.91. The number of ether oxygens (including phenoxy) is 3. The van der Waals surface area contributed by atoms with E-state index in [1.54, 1.807) is 24.3 Å². The number of carbonyl (C=O) groups is 2. The van der Waals surface area contributed by atoms with Gasteiger partial charge in [0.2, 0.25) is 0 Å². The SMILES string of the molecule is COc1ccccc1NC(=O)C(=O)NC[C@H]1COC2(CCCC2)O1. The van der Waals surface area contributed by atoms with E-state index >= 15 is 0 Å². The molecule has 1 heterocycles. The highest BCUT2D eigenvalue weighted by Crippen LogP contribution is 2.38. The molecule has 1 aromatic carbocycles. The van der Waals surface area contributed by atoms with E-state index in [9.17, 15) is 9.59 Å². The van der Waals surface area contributed by atoms with Gasteiger partial charge in [-0.25, -0.2) is 0 Å². The van der Waals surface area contributed by atoms with E-state index in [1.165, 1.54) is 7.11 Å². The fraction of sp³-hybridized carbons (Fsp3) is 0.529. The highest BCUT2D eigenvalue weighted by atomic mass is 16.7. The molecule has 2 N–H and O–H groups in total. The number of hydrogen-bond donors (Lipinski definition) is 2. The van der Waals surface area contributed by atoms with E-state index in [1.807, 2.05) is 0 Å². The Morgan fingerprint density at radius 2 is 2.00 bits per heavy atom. The molecule has 24 heavy (non-hydrogen) atoms. The number of hydrogen-bond acceptors (Lipinski definition) is 5. The molecule has 130 valence electrons. The first-order chi connectivity index (χ1) is 11.6. The number of carbonyl (C=O) groups excluding carboxylic acids is 2. The lowest BCUT2D eigenvalue weighted by Gasteiger charge is -2.21. The summed E-state index contributed by atoms with van der Waals surface area (Å²) >= 11 is 0. The van der Waals surface area contributed by atoms with E-state index in [0.29, 0.717) is 18.0 Å². The van der Waals surface area contributed by atoms with Gasteiger partial charge in [-0.05, 0) is 25.0 Å². The summed E-state index contributed by atoms with van der Waals surface area (Å²) in [5, 5.41) is 5.13. The lowest BCUT2D eigenvalue weighted by Crippen LogP contribution is -2.40. The van der Waals surface area contributed by atoms with Crippen molar-refractivity contribution in [3.8, 4) is 5.75 Å². The smallest absolute Gasteiger partial charge is 0.313 e. The van der Waals surface area contributed by atoms with Crippen LogP contribution in [0.1, 0.15) is 25.7 Å². The average molecular weight is 334 g/mol. The summed E-state index contributed by atoms with van der Waals surface area (Å²) in [5.74, 6) is -1.42. The molecule has 3 rings (SSSR count). The molecule has 0 unspecified atom stereocenters. The highest BCUT2D eigenvalue weighted by molar-refractivity contribution is 6.39. The zero-order valence-corrected chi connectivity index (χ0v) is 13.7. The van der Waals surface area contributed by atoms with Crippen molar-refractivity contribution in [3.05, 3.63) is 24.3 Å². The molecule has 2 fully saturated rings. The third-order valence-corrected chi connectivity index (χ3v) is 4.33. The number of rotatable bonds is 4. The van der Waals surface area contributed by atoms with Gasteiger partial charge in [-0.15, -0.1) is 0 Å². The first kappa shape index (κ1) is 16.7. The Labute approximate surface area is 140 Å². The fourth-order valence-electron chi connectivity index (χ4n) is 3.11. The molecule has 1 saturated heterocycles. The third kappa shape index (κ3) is 3.68. The zero-order chi connectivity index (χ0) is 17.0. The van der Waals surface area contributed by atoms with Crippen molar-refractivity contribution in [1.82, 2.24) is 5.32 Å². The molecule has 1 aliphatic carbocycles. The second-order valence-electron chi connectivity index (χ2n) is 6.03. The predicted molar refractivity (Wildman–Crippen MR) is 86.7 cm³/mol. The van der Waals surface area contributed by atoms with Crippen molar-refractivity contribution in [2.75, 3.05) is 25.6 Å². The van der Waals surface area contributed by atoms with E-state index < -0.39 is 17.6 Å². The molecule has 7 nitrogen and oxygen atoms in total. The maximum absolute atomic E-state index is 12.0. The van der Waals surface area contributed by atoms with Crippen molar-refractivity contribution in [2.24, 2.45) is 0 Å². The molecule has 7 heteroatoms. The summed E-state index contributed by atoms with van der Waals surface area (Å²) < 4.78 is 16.8. The highest BCUT2D eigenvalue weighted by Gasteiger charge is 2.43. The number of nitrogens with one attached hydrogen (secondary N) is 2. The Morgan fingerprint density at radius 3 is 2.75 bits per heavy atom.